The number of hydrogen-bond acceptors (Lipinski definition) is 4. The second-order valence-corrected chi connectivity index (χ2v) is 5.59. The smallest absolute Gasteiger partial charge is 0.252 e. The summed E-state index contributed by atoms with van der Waals surface area (Å²) in [6, 6.07) is 6.08. The molecule has 1 amide bonds. The Labute approximate surface area is 135 Å². The van der Waals surface area contributed by atoms with E-state index in [9.17, 15) is 18.7 Å². The summed E-state index contributed by atoms with van der Waals surface area (Å²) in [5, 5.41) is 20.5. The van der Waals surface area contributed by atoms with Crippen LogP contribution in [0.5, 0.6) is 0 Å². The van der Waals surface area contributed by atoms with E-state index in [2.05, 4.69) is 15.5 Å². The average molecular weight is 332 g/mol. The van der Waals surface area contributed by atoms with Gasteiger partial charge in [-0.25, -0.2) is 8.78 Å². The number of fused-ring (bicyclic) bond motifs is 1. The van der Waals surface area contributed by atoms with Crippen molar-refractivity contribution < 1.29 is 18.7 Å². The highest BCUT2D eigenvalue weighted by Gasteiger charge is 2.27. The van der Waals surface area contributed by atoms with Crippen molar-refractivity contribution >= 4 is 11.6 Å². The fourth-order valence-electron chi connectivity index (χ4n) is 2.34. The first-order chi connectivity index (χ1) is 11.4. The normalized spacial score (nSPS) is 13.7. The van der Waals surface area contributed by atoms with Gasteiger partial charge in [-0.3, -0.25) is 9.20 Å². The molecule has 1 unspecified atom stereocenters. The molecule has 24 heavy (non-hydrogen) atoms. The minimum atomic E-state index is -1.69. The lowest BCUT2D eigenvalue weighted by atomic mass is 9.95. The first-order valence-electron chi connectivity index (χ1n) is 7.12. The number of aliphatic hydroxyl groups is 1. The molecule has 0 aliphatic carbocycles. The number of halogens is 2. The SMILES string of the molecule is CC(O)(CNC(=O)c1ccc2nncn2c1)c1ccc(F)cc1F. The van der Waals surface area contributed by atoms with Crippen LogP contribution in [0, 0.1) is 11.6 Å². The van der Waals surface area contributed by atoms with Crippen molar-refractivity contribution in [3.8, 4) is 0 Å². The highest BCUT2D eigenvalue weighted by Crippen LogP contribution is 2.23. The third-order valence-electron chi connectivity index (χ3n) is 3.66. The molecule has 2 aromatic heterocycles. The van der Waals surface area contributed by atoms with Gasteiger partial charge in [0, 0.05) is 17.8 Å². The first-order valence-corrected chi connectivity index (χ1v) is 7.12. The van der Waals surface area contributed by atoms with E-state index in [0.29, 0.717) is 17.3 Å². The number of nitrogens with zero attached hydrogens (tertiary/aromatic N) is 3. The molecule has 2 heterocycles. The van der Waals surface area contributed by atoms with Crippen molar-refractivity contribution in [2.45, 2.75) is 12.5 Å². The molecule has 0 bridgehead atoms. The van der Waals surface area contributed by atoms with Gasteiger partial charge in [0.15, 0.2) is 5.65 Å². The monoisotopic (exact) mass is 332 g/mol. The zero-order chi connectivity index (χ0) is 17.3. The highest BCUT2D eigenvalue weighted by molar-refractivity contribution is 5.94. The number of amides is 1. The van der Waals surface area contributed by atoms with Gasteiger partial charge in [-0.05, 0) is 25.1 Å². The number of rotatable bonds is 4. The number of hydrogen-bond donors (Lipinski definition) is 2. The third-order valence-corrected chi connectivity index (χ3v) is 3.66. The van der Waals surface area contributed by atoms with Crippen LogP contribution in [0.3, 0.4) is 0 Å². The number of carbonyl (C=O) groups excluding carboxylic acids is 1. The molecule has 8 heteroatoms. The van der Waals surface area contributed by atoms with E-state index < -0.39 is 23.1 Å². The third kappa shape index (κ3) is 3.09. The van der Waals surface area contributed by atoms with Gasteiger partial charge in [-0.1, -0.05) is 6.07 Å². The van der Waals surface area contributed by atoms with Crippen molar-refractivity contribution in [2.24, 2.45) is 0 Å². The summed E-state index contributed by atoms with van der Waals surface area (Å²) < 4.78 is 28.3. The zero-order valence-electron chi connectivity index (χ0n) is 12.7. The van der Waals surface area contributed by atoms with E-state index in [-0.39, 0.29) is 12.1 Å². The van der Waals surface area contributed by atoms with Crippen LogP contribution in [0.1, 0.15) is 22.8 Å². The number of nitrogens with one attached hydrogen (secondary N) is 1. The average Bonchev–Trinajstić information content (AvgIpc) is 2.99. The Balaban J connectivity index is 1.74. The van der Waals surface area contributed by atoms with Gasteiger partial charge in [0.25, 0.3) is 5.91 Å². The maximum absolute atomic E-state index is 13.8. The second-order valence-electron chi connectivity index (χ2n) is 5.59. The molecule has 0 fully saturated rings. The van der Waals surface area contributed by atoms with Gasteiger partial charge in [0.1, 0.15) is 23.6 Å². The fraction of sp³-hybridized carbons (Fsp3) is 0.188. The molecule has 0 saturated carbocycles. The highest BCUT2D eigenvalue weighted by atomic mass is 19.1. The molecular formula is C16H14F2N4O2. The van der Waals surface area contributed by atoms with Crippen LogP contribution in [0.4, 0.5) is 8.78 Å². The lowest BCUT2D eigenvalue weighted by molar-refractivity contribution is 0.0494. The van der Waals surface area contributed by atoms with Crippen LogP contribution in [0.2, 0.25) is 0 Å². The van der Waals surface area contributed by atoms with E-state index in [1.165, 1.54) is 19.4 Å². The lowest BCUT2D eigenvalue weighted by Crippen LogP contribution is -2.39. The van der Waals surface area contributed by atoms with Gasteiger partial charge in [-0.15, -0.1) is 10.2 Å². The number of carbonyl (C=O) groups is 1. The standard InChI is InChI=1S/C16H14F2N4O2/c1-16(24,12-4-3-11(17)6-13(12)18)8-19-15(23)10-2-5-14-21-20-9-22(14)7-10/h2-7,9,24H,8H2,1H3,(H,19,23). The van der Waals surface area contributed by atoms with Crippen molar-refractivity contribution in [1.82, 2.24) is 19.9 Å². The Bertz CT molecular complexity index is 908. The second kappa shape index (κ2) is 5.97. The number of benzene rings is 1. The molecule has 2 N–H and O–H groups in total. The van der Waals surface area contributed by atoms with Crippen LogP contribution in [0.15, 0.2) is 42.9 Å². The van der Waals surface area contributed by atoms with Crippen LogP contribution in [-0.2, 0) is 5.60 Å². The molecule has 0 aliphatic rings. The zero-order valence-corrected chi connectivity index (χ0v) is 12.7. The van der Waals surface area contributed by atoms with Crippen molar-refractivity contribution in [3.63, 3.8) is 0 Å². The molecule has 3 aromatic rings. The van der Waals surface area contributed by atoms with Crippen LogP contribution >= 0.6 is 0 Å². The van der Waals surface area contributed by atoms with E-state index >= 15 is 0 Å². The topological polar surface area (TPSA) is 79.5 Å². The minimum Gasteiger partial charge on any atom is -0.383 e. The van der Waals surface area contributed by atoms with Crippen LogP contribution < -0.4 is 5.32 Å². The maximum Gasteiger partial charge on any atom is 0.252 e. The lowest BCUT2D eigenvalue weighted by Gasteiger charge is -2.24. The van der Waals surface area contributed by atoms with Gasteiger partial charge < -0.3 is 10.4 Å². The summed E-state index contributed by atoms with van der Waals surface area (Å²) in [7, 11) is 0. The summed E-state index contributed by atoms with van der Waals surface area (Å²) in [4.78, 5) is 12.2. The van der Waals surface area contributed by atoms with Gasteiger partial charge in [0.2, 0.25) is 0 Å². The Hall–Kier alpha value is -2.87. The summed E-state index contributed by atoms with van der Waals surface area (Å²) in [5.41, 5.74) is -0.864. The predicted octanol–water partition coefficient (Wildman–Crippen LogP) is 1.64. The number of aromatic nitrogens is 3. The van der Waals surface area contributed by atoms with Crippen LogP contribution in [-0.4, -0.2) is 32.2 Å². The van der Waals surface area contributed by atoms with Gasteiger partial charge in [-0.2, -0.15) is 0 Å². The Morgan fingerprint density at radius 3 is 2.88 bits per heavy atom. The molecule has 1 aromatic carbocycles. The molecule has 3 rings (SSSR count). The van der Waals surface area contributed by atoms with Crippen molar-refractivity contribution in [1.29, 1.82) is 0 Å². The Morgan fingerprint density at radius 1 is 1.33 bits per heavy atom. The van der Waals surface area contributed by atoms with Crippen molar-refractivity contribution in [3.05, 3.63) is 65.6 Å². The van der Waals surface area contributed by atoms with E-state index in [0.717, 1.165) is 12.1 Å². The first kappa shape index (κ1) is 16.0. The minimum absolute atomic E-state index is 0.0986. The van der Waals surface area contributed by atoms with Crippen LogP contribution in [0.25, 0.3) is 5.65 Å². The van der Waals surface area contributed by atoms with Gasteiger partial charge in [0.05, 0.1) is 12.1 Å². The molecule has 0 aliphatic heterocycles. The quantitative estimate of drug-likeness (QED) is 0.761. The fourth-order valence-corrected chi connectivity index (χ4v) is 2.34. The summed E-state index contributed by atoms with van der Waals surface area (Å²) >= 11 is 0. The Kier molecular flexibility index (Phi) is 3.98. The van der Waals surface area contributed by atoms with Crippen molar-refractivity contribution in [2.75, 3.05) is 6.54 Å². The largest absolute Gasteiger partial charge is 0.383 e. The van der Waals surface area contributed by atoms with E-state index in [4.69, 9.17) is 0 Å². The molecular weight excluding hydrogens is 318 g/mol. The van der Waals surface area contributed by atoms with E-state index in [1.54, 1.807) is 16.5 Å². The van der Waals surface area contributed by atoms with Gasteiger partial charge >= 0.3 is 0 Å². The molecule has 1 atom stereocenters. The molecule has 6 nitrogen and oxygen atoms in total. The number of pyridine rings is 1. The summed E-state index contributed by atoms with van der Waals surface area (Å²) in [5.74, 6) is -2.06. The molecule has 0 saturated heterocycles. The van der Waals surface area contributed by atoms with E-state index in [1.807, 2.05) is 0 Å². The molecule has 124 valence electrons. The predicted molar refractivity (Wildman–Crippen MR) is 81.2 cm³/mol. The maximum atomic E-state index is 13.8. The summed E-state index contributed by atoms with van der Waals surface area (Å²) in [6.45, 7) is 1.10. The Morgan fingerprint density at radius 2 is 2.12 bits per heavy atom. The summed E-state index contributed by atoms with van der Waals surface area (Å²) in [6.07, 6.45) is 2.99. The molecule has 0 radical (unpaired) electrons. The molecule has 0 spiro atoms.